The summed E-state index contributed by atoms with van der Waals surface area (Å²) in [6, 6.07) is 9.09. The van der Waals surface area contributed by atoms with E-state index < -0.39 is 0 Å². The monoisotopic (exact) mass is 232 g/mol. The molecule has 0 radical (unpaired) electrons. The molecule has 0 atom stereocenters. The van der Waals surface area contributed by atoms with E-state index in [1.807, 2.05) is 6.07 Å². The second-order valence-electron chi connectivity index (χ2n) is 2.93. The van der Waals surface area contributed by atoms with Crippen LogP contribution in [0.4, 0.5) is 5.13 Å². The third kappa shape index (κ3) is 2.27. The third-order valence-electron chi connectivity index (χ3n) is 1.84. The standard InChI is InChI=1S/C10H8N4OS/c11-5-7-3-1-2-4-8(7)15-6-9-13-14-10(12)16-9/h1-4H,6H2,(H2,12,14). The predicted octanol–water partition coefficient (Wildman–Crippen LogP) is 1.57. The summed E-state index contributed by atoms with van der Waals surface area (Å²) >= 11 is 1.27. The van der Waals surface area contributed by atoms with E-state index in [1.54, 1.807) is 18.2 Å². The van der Waals surface area contributed by atoms with Crippen molar-refractivity contribution in [3.8, 4) is 11.8 Å². The Labute approximate surface area is 96.1 Å². The average Bonchev–Trinajstić information content (AvgIpc) is 2.73. The summed E-state index contributed by atoms with van der Waals surface area (Å²) < 4.78 is 5.46. The molecule has 2 aromatic rings. The third-order valence-corrected chi connectivity index (χ3v) is 2.57. The van der Waals surface area contributed by atoms with Crippen LogP contribution < -0.4 is 10.5 Å². The smallest absolute Gasteiger partial charge is 0.203 e. The first-order valence-corrected chi connectivity index (χ1v) is 5.31. The first-order valence-electron chi connectivity index (χ1n) is 4.49. The van der Waals surface area contributed by atoms with Crippen LogP contribution in [-0.4, -0.2) is 10.2 Å². The highest BCUT2D eigenvalue weighted by molar-refractivity contribution is 7.15. The Hall–Kier alpha value is -2.13. The van der Waals surface area contributed by atoms with Crippen LogP contribution in [0.15, 0.2) is 24.3 Å². The summed E-state index contributed by atoms with van der Waals surface area (Å²) in [5.41, 5.74) is 5.94. The zero-order valence-electron chi connectivity index (χ0n) is 8.25. The first kappa shape index (κ1) is 10.4. The fraction of sp³-hybridized carbons (Fsp3) is 0.100. The molecule has 0 unspecified atom stereocenters. The molecule has 1 heterocycles. The number of anilines is 1. The van der Waals surface area contributed by atoms with Crippen molar-refractivity contribution in [3.63, 3.8) is 0 Å². The Bertz CT molecular complexity index is 532. The molecule has 1 aromatic heterocycles. The molecule has 0 spiro atoms. The topological polar surface area (TPSA) is 84.8 Å². The van der Waals surface area contributed by atoms with Gasteiger partial charge in [-0.1, -0.05) is 23.5 Å². The largest absolute Gasteiger partial charge is 0.485 e. The van der Waals surface area contributed by atoms with E-state index >= 15 is 0 Å². The van der Waals surface area contributed by atoms with Gasteiger partial charge >= 0.3 is 0 Å². The summed E-state index contributed by atoms with van der Waals surface area (Å²) in [5, 5.41) is 17.4. The van der Waals surface area contributed by atoms with Crippen molar-refractivity contribution in [2.24, 2.45) is 0 Å². The molecule has 0 fully saturated rings. The van der Waals surface area contributed by atoms with Gasteiger partial charge in [-0.15, -0.1) is 10.2 Å². The molecule has 16 heavy (non-hydrogen) atoms. The molecular formula is C10H8N4OS. The quantitative estimate of drug-likeness (QED) is 0.868. The van der Waals surface area contributed by atoms with Crippen LogP contribution in [0.1, 0.15) is 10.6 Å². The van der Waals surface area contributed by atoms with E-state index in [0.717, 1.165) is 0 Å². The minimum absolute atomic E-state index is 0.271. The number of aromatic nitrogens is 2. The average molecular weight is 232 g/mol. The number of benzene rings is 1. The zero-order chi connectivity index (χ0) is 11.4. The van der Waals surface area contributed by atoms with Crippen molar-refractivity contribution in [3.05, 3.63) is 34.8 Å². The van der Waals surface area contributed by atoms with Crippen LogP contribution >= 0.6 is 11.3 Å². The number of rotatable bonds is 3. The maximum Gasteiger partial charge on any atom is 0.203 e. The van der Waals surface area contributed by atoms with Crippen molar-refractivity contribution in [2.45, 2.75) is 6.61 Å². The van der Waals surface area contributed by atoms with Gasteiger partial charge in [-0.3, -0.25) is 0 Å². The Balaban J connectivity index is 2.08. The molecule has 2 rings (SSSR count). The first-order chi connectivity index (χ1) is 7.79. The van der Waals surface area contributed by atoms with Gasteiger partial charge in [0.05, 0.1) is 5.56 Å². The van der Waals surface area contributed by atoms with Crippen molar-refractivity contribution in [1.29, 1.82) is 5.26 Å². The summed E-state index contributed by atoms with van der Waals surface area (Å²) in [6.07, 6.45) is 0. The number of para-hydroxylation sites is 1. The molecule has 0 aliphatic heterocycles. The summed E-state index contributed by atoms with van der Waals surface area (Å²) in [5.74, 6) is 0.541. The van der Waals surface area contributed by atoms with Crippen molar-refractivity contribution >= 4 is 16.5 Å². The molecule has 0 aliphatic rings. The van der Waals surface area contributed by atoms with E-state index in [9.17, 15) is 0 Å². The van der Waals surface area contributed by atoms with Crippen molar-refractivity contribution in [2.75, 3.05) is 5.73 Å². The van der Waals surface area contributed by atoms with E-state index in [0.29, 0.717) is 21.5 Å². The highest BCUT2D eigenvalue weighted by Gasteiger charge is 2.05. The van der Waals surface area contributed by atoms with Crippen LogP contribution in [0.5, 0.6) is 5.75 Å². The maximum absolute atomic E-state index is 8.84. The molecular weight excluding hydrogens is 224 g/mol. The lowest BCUT2D eigenvalue weighted by Gasteiger charge is -2.04. The Morgan fingerprint density at radius 2 is 2.19 bits per heavy atom. The molecule has 2 N–H and O–H groups in total. The van der Waals surface area contributed by atoms with Gasteiger partial charge in [0.1, 0.15) is 18.4 Å². The number of hydrogen-bond donors (Lipinski definition) is 1. The van der Waals surface area contributed by atoms with Gasteiger partial charge in [0.25, 0.3) is 0 Å². The number of ether oxygens (including phenoxy) is 1. The highest BCUT2D eigenvalue weighted by atomic mass is 32.1. The molecule has 0 saturated heterocycles. The van der Waals surface area contributed by atoms with Crippen LogP contribution in [0.3, 0.4) is 0 Å². The maximum atomic E-state index is 8.84. The van der Waals surface area contributed by atoms with Crippen LogP contribution in [0.2, 0.25) is 0 Å². The molecule has 5 nitrogen and oxygen atoms in total. The normalized spacial score (nSPS) is 9.69. The second-order valence-corrected chi connectivity index (χ2v) is 4.02. The number of nitriles is 1. The zero-order valence-corrected chi connectivity index (χ0v) is 9.07. The van der Waals surface area contributed by atoms with Gasteiger partial charge in [-0.05, 0) is 12.1 Å². The lowest BCUT2D eigenvalue weighted by atomic mass is 10.2. The molecule has 80 valence electrons. The van der Waals surface area contributed by atoms with E-state index in [4.69, 9.17) is 15.7 Å². The van der Waals surface area contributed by atoms with Gasteiger partial charge in [0.15, 0.2) is 5.01 Å². The summed E-state index contributed by atoms with van der Waals surface area (Å²) in [6.45, 7) is 0.271. The Kier molecular flexibility index (Phi) is 2.98. The Morgan fingerprint density at radius 1 is 1.38 bits per heavy atom. The van der Waals surface area contributed by atoms with E-state index in [2.05, 4.69) is 16.3 Å². The van der Waals surface area contributed by atoms with Crippen LogP contribution in [0, 0.1) is 11.3 Å². The van der Waals surface area contributed by atoms with Gasteiger partial charge in [0, 0.05) is 0 Å². The predicted molar refractivity (Wildman–Crippen MR) is 59.8 cm³/mol. The van der Waals surface area contributed by atoms with Gasteiger partial charge in [-0.25, -0.2) is 0 Å². The van der Waals surface area contributed by atoms with Crippen LogP contribution in [0.25, 0.3) is 0 Å². The fourth-order valence-corrected chi connectivity index (χ4v) is 1.67. The minimum Gasteiger partial charge on any atom is -0.485 e. The van der Waals surface area contributed by atoms with E-state index in [1.165, 1.54) is 11.3 Å². The molecule has 0 amide bonds. The van der Waals surface area contributed by atoms with Gasteiger partial charge in [-0.2, -0.15) is 5.26 Å². The summed E-state index contributed by atoms with van der Waals surface area (Å²) in [4.78, 5) is 0. The lowest BCUT2D eigenvalue weighted by molar-refractivity contribution is 0.303. The van der Waals surface area contributed by atoms with Crippen molar-refractivity contribution < 1.29 is 4.74 Å². The Morgan fingerprint density at radius 3 is 2.88 bits per heavy atom. The number of hydrogen-bond acceptors (Lipinski definition) is 6. The van der Waals surface area contributed by atoms with Crippen LogP contribution in [-0.2, 0) is 6.61 Å². The fourth-order valence-electron chi connectivity index (χ4n) is 1.15. The highest BCUT2D eigenvalue weighted by Crippen LogP contribution is 2.19. The molecule has 0 saturated carbocycles. The van der Waals surface area contributed by atoms with Gasteiger partial charge in [0.2, 0.25) is 5.13 Å². The lowest BCUT2D eigenvalue weighted by Crippen LogP contribution is -1.96. The molecule has 1 aromatic carbocycles. The molecule has 6 heteroatoms. The molecule has 0 bridgehead atoms. The van der Waals surface area contributed by atoms with Crippen molar-refractivity contribution in [1.82, 2.24) is 10.2 Å². The number of nitrogens with zero attached hydrogens (tertiary/aromatic N) is 3. The van der Waals surface area contributed by atoms with Gasteiger partial charge < -0.3 is 10.5 Å². The second kappa shape index (κ2) is 4.59. The van der Waals surface area contributed by atoms with E-state index in [-0.39, 0.29) is 6.61 Å². The summed E-state index contributed by atoms with van der Waals surface area (Å²) in [7, 11) is 0. The number of nitrogens with two attached hydrogens (primary N) is 1. The number of nitrogen functional groups attached to an aromatic ring is 1. The molecule has 0 aliphatic carbocycles. The minimum atomic E-state index is 0.271. The SMILES string of the molecule is N#Cc1ccccc1OCc1nnc(N)s1.